The topological polar surface area (TPSA) is 51.2 Å². The summed E-state index contributed by atoms with van der Waals surface area (Å²) in [6.45, 7) is 1.79. The fourth-order valence-corrected chi connectivity index (χ4v) is 2.35. The van der Waals surface area contributed by atoms with Crippen molar-refractivity contribution in [1.82, 2.24) is 4.98 Å². The van der Waals surface area contributed by atoms with E-state index in [1.807, 2.05) is 24.3 Å². The van der Waals surface area contributed by atoms with Gasteiger partial charge in [0.25, 0.3) is 0 Å². The number of ether oxygens (including phenoxy) is 1. The Morgan fingerprint density at radius 1 is 1.25 bits per heavy atom. The van der Waals surface area contributed by atoms with E-state index in [9.17, 15) is 4.79 Å². The first-order valence-corrected chi connectivity index (χ1v) is 6.89. The molecule has 0 aliphatic carbocycles. The summed E-state index contributed by atoms with van der Waals surface area (Å²) in [6.07, 6.45) is 3.30. The zero-order valence-electron chi connectivity index (χ0n) is 11.3. The van der Waals surface area contributed by atoms with Gasteiger partial charge in [-0.15, -0.1) is 0 Å². The van der Waals surface area contributed by atoms with Crippen molar-refractivity contribution < 1.29 is 9.53 Å². The van der Waals surface area contributed by atoms with E-state index in [4.69, 9.17) is 4.74 Å². The molecule has 20 heavy (non-hydrogen) atoms. The van der Waals surface area contributed by atoms with E-state index >= 15 is 0 Å². The van der Waals surface area contributed by atoms with Gasteiger partial charge in [-0.2, -0.15) is 0 Å². The number of carbonyl (C=O) groups excluding carboxylic acids is 1. The monoisotopic (exact) mass is 334 g/mol. The summed E-state index contributed by atoms with van der Waals surface area (Å²) in [6, 6.07) is 11.2. The number of hydrogen-bond donors (Lipinski definition) is 1. The first-order valence-electron chi connectivity index (χ1n) is 6.09. The molecular weight excluding hydrogens is 320 g/mol. The molecular formula is C15H15BrN2O2. The summed E-state index contributed by atoms with van der Waals surface area (Å²) in [4.78, 5) is 16.2. The van der Waals surface area contributed by atoms with Crippen LogP contribution in [0.3, 0.4) is 0 Å². The Hall–Kier alpha value is -1.88. The molecule has 0 spiro atoms. The molecule has 0 aliphatic rings. The van der Waals surface area contributed by atoms with Gasteiger partial charge >= 0.3 is 5.97 Å². The number of halogens is 1. The molecule has 1 heterocycles. The fraction of sp³-hybridized carbons (Fsp3) is 0.200. The summed E-state index contributed by atoms with van der Waals surface area (Å²) in [5.41, 5.74) is 0.619. The van der Waals surface area contributed by atoms with Crippen molar-refractivity contribution in [3.05, 3.63) is 58.8 Å². The second-order valence-corrected chi connectivity index (χ2v) is 5.31. The van der Waals surface area contributed by atoms with Gasteiger partial charge in [-0.05, 0) is 52.7 Å². The molecule has 104 valence electrons. The summed E-state index contributed by atoms with van der Waals surface area (Å²) < 4.78 is 5.82. The normalized spacial score (nSPS) is 13.3. The highest BCUT2D eigenvalue weighted by Gasteiger charge is 2.36. The molecule has 1 N–H and O–H groups in total. The van der Waals surface area contributed by atoms with Crippen molar-refractivity contribution in [1.29, 1.82) is 0 Å². The average Bonchev–Trinajstić information content (AvgIpc) is 2.49. The lowest BCUT2D eigenvalue weighted by Gasteiger charge is -2.29. The number of hydrogen-bond acceptors (Lipinski definition) is 4. The maximum absolute atomic E-state index is 12.2. The molecule has 0 amide bonds. The minimum Gasteiger partial charge on any atom is -0.467 e. The van der Waals surface area contributed by atoms with Crippen LogP contribution in [0.4, 0.5) is 5.69 Å². The third kappa shape index (κ3) is 2.82. The molecule has 2 aromatic rings. The van der Waals surface area contributed by atoms with Crippen LogP contribution in [0, 0.1) is 0 Å². The fourth-order valence-electron chi connectivity index (χ4n) is 1.96. The predicted molar refractivity (Wildman–Crippen MR) is 81.4 cm³/mol. The summed E-state index contributed by atoms with van der Waals surface area (Å²) in [5, 5.41) is 3.24. The second kappa shape index (κ2) is 6.05. The highest BCUT2D eigenvalue weighted by molar-refractivity contribution is 9.10. The number of carbonyl (C=O) groups is 1. The number of pyridine rings is 1. The molecule has 1 unspecified atom stereocenters. The van der Waals surface area contributed by atoms with Gasteiger partial charge in [0.2, 0.25) is 0 Å². The quantitative estimate of drug-likeness (QED) is 0.871. The van der Waals surface area contributed by atoms with Crippen molar-refractivity contribution in [3.63, 3.8) is 0 Å². The van der Waals surface area contributed by atoms with Gasteiger partial charge in [0, 0.05) is 22.6 Å². The minimum atomic E-state index is -0.985. The zero-order chi connectivity index (χ0) is 14.6. The average molecular weight is 335 g/mol. The summed E-state index contributed by atoms with van der Waals surface area (Å²) in [5.74, 6) is -0.362. The van der Waals surface area contributed by atoms with Crippen LogP contribution in [0.25, 0.3) is 0 Å². The van der Waals surface area contributed by atoms with Crippen LogP contribution in [-0.4, -0.2) is 18.1 Å². The first-order chi connectivity index (χ1) is 9.58. The molecule has 0 saturated heterocycles. The summed E-state index contributed by atoms with van der Waals surface area (Å²) in [7, 11) is 1.38. The van der Waals surface area contributed by atoms with Gasteiger partial charge < -0.3 is 10.1 Å². The first kappa shape index (κ1) is 14.5. The number of rotatable bonds is 4. The molecule has 0 bridgehead atoms. The number of esters is 1. The van der Waals surface area contributed by atoms with Crippen LogP contribution in [0.5, 0.6) is 0 Å². The number of benzene rings is 1. The van der Waals surface area contributed by atoms with E-state index in [1.54, 1.807) is 31.5 Å². The zero-order valence-corrected chi connectivity index (χ0v) is 12.8. The van der Waals surface area contributed by atoms with E-state index in [-0.39, 0.29) is 5.97 Å². The lowest BCUT2D eigenvalue weighted by Crippen LogP contribution is -2.41. The predicted octanol–water partition coefficient (Wildman–Crippen LogP) is 3.34. The van der Waals surface area contributed by atoms with Crippen molar-refractivity contribution in [2.45, 2.75) is 12.5 Å². The van der Waals surface area contributed by atoms with Crippen LogP contribution < -0.4 is 5.32 Å². The third-order valence-electron chi connectivity index (χ3n) is 3.11. The Labute approximate surface area is 126 Å². The molecule has 0 radical (unpaired) electrons. The molecule has 1 aromatic heterocycles. The number of nitrogens with one attached hydrogen (secondary N) is 1. The van der Waals surface area contributed by atoms with E-state index in [1.165, 1.54) is 7.11 Å². The van der Waals surface area contributed by atoms with Crippen LogP contribution in [0.1, 0.15) is 12.5 Å². The van der Waals surface area contributed by atoms with Crippen molar-refractivity contribution in [3.8, 4) is 0 Å². The van der Waals surface area contributed by atoms with Crippen molar-refractivity contribution >= 4 is 27.6 Å². The van der Waals surface area contributed by atoms with Gasteiger partial charge in [-0.25, -0.2) is 4.79 Å². The Bertz CT molecular complexity index is 604. The SMILES string of the molecule is COC(=O)C(C)(Nc1ccccc1Br)c1ccncc1. The maximum atomic E-state index is 12.2. The van der Waals surface area contributed by atoms with E-state index in [0.29, 0.717) is 0 Å². The molecule has 4 nitrogen and oxygen atoms in total. The Balaban J connectivity index is 2.44. The lowest BCUT2D eigenvalue weighted by atomic mass is 9.92. The van der Waals surface area contributed by atoms with Gasteiger partial charge in [0.15, 0.2) is 5.54 Å². The van der Waals surface area contributed by atoms with Crippen molar-refractivity contribution in [2.75, 3.05) is 12.4 Å². The highest BCUT2D eigenvalue weighted by Crippen LogP contribution is 2.31. The highest BCUT2D eigenvalue weighted by atomic mass is 79.9. The molecule has 0 fully saturated rings. The molecule has 1 atom stereocenters. The summed E-state index contributed by atoms with van der Waals surface area (Å²) >= 11 is 3.47. The molecule has 0 saturated carbocycles. The Kier molecular flexibility index (Phi) is 4.39. The minimum absolute atomic E-state index is 0.362. The number of aromatic nitrogens is 1. The number of anilines is 1. The second-order valence-electron chi connectivity index (χ2n) is 4.46. The standard InChI is InChI=1S/C15H15BrN2O2/c1-15(14(19)20-2,11-7-9-17-10-8-11)18-13-6-4-3-5-12(13)16/h3-10,18H,1-2H3. The largest absolute Gasteiger partial charge is 0.467 e. The van der Waals surface area contributed by atoms with E-state index in [0.717, 1.165) is 15.7 Å². The smallest absolute Gasteiger partial charge is 0.335 e. The van der Waals surface area contributed by atoms with Gasteiger partial charge in [0.1, 0.15) is 0 Å². The molecule has 0 aliphatic heterocycles. The van der Waals surface area contributed by atoms with Crippen LogP contribution in [0.15, 0.2) is 53.3 Å². The van der Waals surface area contributed by atoms with Gasteiger partial charge in [-0.3, -0.25) is 4.98 Å². The van der Waals surface area contributed by atoms with E-state index in [2.05, 4.69) is 26.2 Å². The lowest BCUT2D eigenvalue weighted by molar-refractivity contribution is -0.145. The van der Waals surface area contributed by atoms with Crippen LogP contribution in [-0.2, 0) is 15.1 Å². The number of para-hydroxylation sites is 1. The van der Waals surface area contributed by atoms with Crippen LogP contribution in [0.2, 0.25) is 0 Å². The molecule has 1 aromatic carbocycles. The number of nitrogens with zero attached hydrogens (tertiary/aromatic N) is 1. The number of methoxy groups -OCH3 is 1. The van der Waals surface area contributed by atoms with Crippen molar-refractivity contribution in [2.24, 2.45) is 0 Å². The van der Waals surface area contributed by atoms with Gasteiger partial charge in [-0.1, -0.05) is 12.1 Å². The molecule has 5 heteroatoms. The third-order valence-corrected chi connectivity index (χ3v) is 3.80. The molecule has 2 rings (SSSR count). The van der Waals surface area contributed by atoms with Crippen LogP contribution >= 0.6 is 15.9 Å². The maximum Gasteiger partial charge on any atom is 0.335 e. The Morgan fingerprint density at radius 2 is 1.90 bits per heavy atom. The van der Waals surface area contributed by atoms with E-state index < -0.39 is 5.54 Å². The Morgan fingerprint density at radius 3 is 2.50 bits per heavy atom. The van der Waals surface area contributed by atoms with Gasteiger partial charge in [0.05, 0.1) is 7.11 Å².